The zero-order valence-corrected chi connectivity index (χ0v) is 12.2. The summed E-state index contributed by atoms with van der Waals surface area (Å²) in [6.45, 7) is 5.55. The lowest BCUT2D eigenvalue weighted by atomic mass is 10.1. The van der Waals surface area contributed by atoms with Crippen molar-refractivity contribution in [1.29, 1.82) is 0 Å². The fourth-order valence-corrected chi connectivity index (χ4v) is 2.94. The summed E-state index contributed by atoms with van der Waals surface area (Å²) in [6, 6.07) is 4.58. The third-order valence-electron chi connectivity index (χ3n) is 3.42. The van der Waals surface area contributed by atoms with Crippen LogP contribution in [0.3, 0.4) is 0 Å². The molecule has 0 bridgehead atoms. The Morgan fingerprint density at radius 2 is 2.05 bits per heavy atom. The Labute approximate surface area is 113 Å². The number of benzene rings is 1. The Hall–Kier alpha value is -1.14. The van der Waals surface area contributed by atoms with Gasteiger partial charge in [-0.2, -0.15) is 0 Å². The number of nitrogens with one attached hydrogen (secondary N) is 1. The zero-order valence-electron chi connectivity index (χ0n) is 11.4. The molecule has 0 saturated carbocycles. The normalized spacial score (nSPS) is 24.5. The van der Waals surface area contributed by atoms with Crippen LogP contribution in [0.2, 0.25) is 0 Å². The third kappa shape index (κ3) is 3.06. The van der Waals surface area contributed by atoms with Crippen LogP contribution in [0.4, 0.5) is 10.1 Å². The number of anilines is 1. The fraction of sp³-hybridized carbons (Fsp3) is 0.538. The number of hydrogen-bond donors (Lipinski definition) is 1. The molecule has 0 aromatic heterocycles. The first-order valence-electron chi connectivity index (χ1n) is 6.28. The monoisotopic (exact) mass is 286 g/mol. The molecule has 1 aliphatic heterocycles. The molecule has 1 saturated heterocycles. The van der Waals surface area contributed by atoms with Gasteiger partial charge in [0, 0.05) is 31.4 Å². The van der Waals surface area contributed by atoms with Crippen molar-refractivity contribution in [2.45, 2.75) is 30.8 Å². The van der Waals surface area contributed by atoms with Crippen LogP contribution in [0.25, 0.3) is 0 Å². The second-order valence-electron chi connectivity index (χ2n) is 5.20. The molecule has 2 atom stereocenters. The number of hydrogen-bond acceptors (Lipinski definition) is 4. The fourth-order valence-electron chi connectivity index (χ4n) is 2.31. The van der Waals surface area contributed by atoms with Gasteiger partial charge in [0.05, 0.1) is 10.6 Å². The van der Waals surface area contributed by atoms with E-state index in [0.717, 1.165) is 18.9 Å². The van der Waals surface area contributed by atoms with Gasteiger partial charge in [0.25, 0.3) is 0 Å². The lowest BCUT2D eigenvalue weighted by Crippen LogP contribution is -2.54. The van der Waals surface area contributed by atoms with Crippen molar-refractivity contribution in [2.24, 2.45) is 0 Å². The summed E-state index contributed by atoms with van der Waals surface area (Å²) in [5, 5.41) is 3.33. The largest absolute Gasteiger partial charge is 0.364 e. The number of rotatable bonds is 2. The Kier molecular flexibility index (Phi) is 3.82. The minimum Gasteiger partial charge on any atom is -0.364 e. The van der Waals surface area contributed by atoms with Crippen molar-refractivity contribution in [3.05, 3.63) is 24.0 Å². The van der Waals surface area contributed by atoms with E-state index < -0.39 is 15.7 Å². The average molecular weight is 286 g/mol. The first kappa shape index (κ1) is 14.3. The van der Waals surface area contributed by atoms with E-state index in [1.807, 2.05) is 18.7 Å². The zero-order chi connectivity index (χ0) is 14.2. The van der Waals surface area contributed by atoms with Crippen LogP contribution in [0.5, 0.6) is 0 Å². The predicted molar refractivity (Wildman–Crippen MR) is 73.8 cm³/mol. The number of halogens is 1. The molecular formula is C13H19FN2O2S. The minimum absolute atomic E-state index is 0.0181. The van der Waals surface area contributed by atoms with E-state index in [4.69, 9.17) is 0 Å². The summed E-state index contributed by atoms with van der Waals surface area (Å²) in [6.07, 6.45) is 1.08. The van der Waals surface area contributed by atoms with Gasteiger partial charge in [-0.25, -0.2) is 12.8 Å². The molecule has 6 heteroatoms. The number of nitrogens with zero attached hydrogens (tertiary/aromatic N) is 1. The van der Waals surface area contributed by atoms with Crippen LogP contribution in [-0.2, 0) is 9.84 Å². The maximum absolute atomic E-state index is 14.1. The highest BCUT2D eigenvalue weighted by atomic mass is 32.2. The van der Waals surface area contributed by atoms with Crippen molar-refractivity contribution in [2.75, 3.05) is 24.2 Å². The molecule has 1 aromatic rings. The van der Waals surface area contributed by atoms with Gasteiger partial charge in [-0.15, -0.1) is 0 Å². The van der Waals surface area contributed by atoms with E-state index in [9.17, 15) is 12.8 Å². The van der Waals surface area contributed by atoms with Gasteiger partial charge >= 0.3 is 0 Å². The van der Waals surface area contributed by atoms with Crippen molar-refractivity contribution in [3.63, 3.8) is 0 Å². The highest BCUT2D eigenvalue weighted by Crippen LogP contribution is 2.25. The number of piperazine rings is 1. The van der Waals surface area contributed by atoms with Gasteiger partial charge in [-0.1, -0.05) is 0 Å². The minimum atomic E-state index is -3.37. The van der Waals surface area contributed by atoms with E-state index in [1.54, 1.807) is 6.07 Å². The van der Waals surface area contributed by atoms with Crippen LogP contribution in [-0.4, -0.2) is 39.8 Å². The Balaban J connectivity index is 2.35. The van der Waals surface area contributed by atoms with Gasteiger partial charge in [0.15, 0.2) is 9.84 Å². The standard InChI is InChI=1S/C13H19FN2O2S/c1-9-8-16(10(2)7-15-9)13-5-4-11(6-12(13)14)19(3,17)18/h4-6,9-10,15H,7-8H2,1-3H3. The van der Waals surface area contributed by atoms with Gasteiger partial charge in [-0.05, 0) is 32.0 Å². The topological polar surface area (TPSA) is 49.4 Å². The van der Waals surface area contributed by atoms with E-state index in [0.29, 0.717) is 12.2 Å². The molecular weight excluding hydrogens is 267 g/mol. The highest BCUT2D eigenvalue weighted by Gasteiger charge is 2.25. The van der Waals surface area contributed by atoms with E-state index in [-0.39, 0.29) is 17.0 Å². The Morgan fingerprint density at radius 1 is 1.37 bits per heavy atom. The Bertz CT molecular complexity index is 574. The molecule has 4 nitrogen and oxygen atoms in total. The second kappa shape index (κ2) is 5.09. The maximum Gasteiger partial charge on any atom is 0.175 e. The molecule has 0 aliphatic carbocycles. The molecule has 106 valence electrons. The first-order chi connectivity index (χ1) is 8.79. The van der Waals surface area contributed by atoms with Crippen LogP contribution in [0.15, 0.2) is 23.1 Å². The average Bonchev–Trinajstić information content (AvgIpc) is 2.31. The smallest absolute Gasteiger partial charge is 0.175 e. The van der Waals surface area contributed by atoms with Crippen molar-refractivity contribution in [3.8, 4) is 0 Å². The lowest BCUT2D eigenvalue weighted by Gasteiger charge is -2.39. The SMILES string of the molecule is CC1CN(c2ccc(S(C)(=O)=O)cc2F)C(C)CN1. The van der Waals surface area contributed by atoms with E-state index in [1.165, 1.54) is 6.07 Å². The molecule has 1 aromatic carbocycles. The highest BCUT2D eigenvalue weighted by molar-refractivity contribution is 7.90. The summed E-state index contributed by atoms with van der Waals surface area (Å²) in [7, 11) is -3.37. The molecule has 1 aliphatic rings. The van der Waals surface area contributed by atoms with Gasteiger partial charge in [0.1, 0.15) is 5.82 Å². The van der Waals surface area contributed by atoms with Crippen LogP contribution in [0, 0.1) is 5.82 Å². The van der Waals surface area contributed by atoms with E-state index in [2.05, 4.69) is 5.32 Å². The molecule has 1 fully saturated rings. The third-order valence-corrected chi connectivity index (χ3v) is 4.53. The Morgan fingerprint density at radius 3 is 2.63 bits per heavy atom. The van der Waals surface area contributed by atoms with Crippen molar-refractivity contribution in [1.82, 2.24) is 5.32 Å². The molecule has 1 heterocycles. The molecule has 1 N–H and O–H groups in total. The summed E-state index contributed by atoms with van der Waals surface area (Å²) >= 11 is 0. The number of sulfone groups is 1. The molecule has 19 heavy (non-hydrogen) atoms. The molecule has 2 unspecified atom stereocenters. The second-order valence-corrected chi connectivity index (χ2v) is 7.21. The maximum atomic E-state index is 14.1. The van der Waals surface area contributed by atoms with Gasteiger partial charge in [0.2, 0.25) is 0 Å². The summed E-state index contributed by atoms with van der Waals surface area (Å²) < 4.78 is 36.9. The summed E-state index contributed by atoms with van der Waals surface area (Å²) in [4.78, 5) is 1.99. The first-order valence-corrected chi connectivity index (χ1v) is 8.18. The van der Waals surface area contributed by atoms with Crippen molar-refractivity contribution >= 4 is 15.5 Å². The predicted octanol–water partition coefficient (Wildman–Crippen LogP) is 1.42. The quantitative estimate of drug-likeness (QED) is 0.893. The lowest BCUT2D eigenvalue weighted by molar-refractivity contribution is 0.420. The van der Waals surface area contributed by atoms with Crippen LogP contribution in [0.1, 0.15) is 13.8 Å². The summed E-state index contributed by atoms with van der Waals surface area (Å²) in [5.74, 6) is -0.483. The van der Waals surface area contributed by atoms with Gasteiger partial charge < -0.3 is 10.2 Å². The summed E-state index contributed by atoms with van der Waals surface area (Å²) in [5.41, 5.74) is 0.466. The molecule has 2 rings (SSSR count). The van der Waals surface area contributed by atoms with Crippen molar-refractivity contribution < 1.29 is 12.8 Å². The van der Waals surface area contributed by atoms with Crippen LogP contribution < -0.4 is 10.2 Å². The van der Waals surface area contributed by atoms with E-state index >= 15 is 0 Å². The van der Waals surface area contributed by atoms with Crippen LogP contribution >= 0.6 is 0 Å². The van der Waals surface area contributed by atoms with Gasteiger partial charge in [-0.3, -0.25) is 0 Å². The molecule has 0 radical (unpaired) electrons. The molecule has 0 spiro atoms. The molecule has 0 amide bonds.